The number of ether oxygens (including phenoxy) is 2. The van der Waals surface area contributed by atoms with Gasteiger partial charge in [-0.1, -0.05) is 0 Å². The maximum absolute atomic E-state index is 13.2. The summed E-state index contributed by atoms with van der Waals surface area (Å²) in [6.45, 7) is 5.25. The standard InChI is InChI=1S/C18H27N3O3/c1-23-14-5-6-15(16(13-14)24-2)17(20-11-7-19-8-12-20)18(22)21-9-3-4-10-21/h5-6,13,17,19H,3-4,7-12H2,1-2H3. The highest BCUT2D eigenvalue weighted by Crippen LogP contribution is 2.34. The van der Waals surface area contributed by atoms with Crippen LogP contribution in [0, 0.1) is 0 Å². The number of nitrogens with one attached hydrogen (secondary N) is 1. The third-order valence-corrected chi connectivity index (χ3v) is 4.90. The topological polar surface area (TPSA) is 54.0 Å². The summed E-state index contributed by atoms with van der Waals surface area (Å²) in [5.74, 6) is 1.64. The monoisotopic (exact) mass is 333 g/mol. The average molecular weight is 333 g/mol. The number of rotatable bonds is 5. The number of piperazine rings is 1. The fourth-order valence-electron chi connectivity index (χ4n) is 3.58. The van der Waals surface area contributed by atoms with Crippen LogP contribution in [0.1, 0.15) is 24.4 Å². The van der Waals surface area contributed by atoms with Crippen molar-refractivity contribution in [3.05, 3.63) is 23.8 Å². The van der Waals surface area contributed by atoms with E-state index in [9.17, 15) is 4.79 Å². The van der Waals surface area contributed by atoms with Gasteiger partial charge >= 0.3 is 0 Å². The molecule has 1 unspecified atom stereocenters. The van der Waals surface area contributed by atoms with Crippen LogP contribution in [0.15, 0.2) is 18.2 Å². The molecular formula is C18H27N3O3. The van der Waals surface area contributed by atoms with Gasteiger partial charge in [-0.2, -0.15) is 0 Å². The number of methoxy groups -OCH3 is 2. The highest BCUT2D eigenvalue weighted by molar-refractivity contribution is 5.84. The van der Waals surface area contributed by atoms with Crippen LogP contribution in [0.4, 0.5) is 0 Å². The third-order valence-electron chi connectivity index (χ3n) is 4.90. The fourth-order valence-corrected chi connectivity index (χ4v) is 3.58. The minimum Gasteiger partial charge on any atom is -0.497 e. The fraction of sp³-hybridized carbons (Fsp3) is 0.611. The molecule has 2 aliphatic heterocycles. The molecule has 6 nitrogen and oxygen atoms in total. The number of benzene rings is 1. The quantitative estimate of drug-likeness (QED) is 0.879. The molecule has 0 aliphatic carbocycles. The van der Waals surface area contributed by atoms with E-state index in [1.807, 2.05) is 23.1 Å². The van der Waals surface area contributed by atoms with Gasteiger partial charge in [0.25, 0.3) is 0 Å². The Labute approximate surface area is 143 Å². The molecule has 132 valence electrons. The summed E-state index contributed by atoms with van der Waals surface area (Å²) in [7, 11) is 3.28. The Hall–Kier alpha value is -1.79. The summed E-state index contributed by atoms with van der Waals surface area (Å²) in [5.41, 5.74) is 0.928. The second-order valence-corrected chi connectivity index (χ2v) is 6.33. The smallest absolute Gasteiger partial charge is 0.244 e. The van der Waals surface area contributed by atoms with E-state index in [1.54, 1.807) is 14.2 Å². The zero-order chi connectivity index (χ0) is 16.9. The highest BCUT2D eigenvalue weighted by atomic mass is 16.5. The first-order valence-electron chi connectivity index (χ1n) is 8.70. The Morgan fingerprint density at radius 2 is 1.79 bits per heavy atom. The lowest BCUT2D eigenvalue weighted by Crippen LogP contribution is -2.50. The van der Waals surface area contributed by atoms with E-state index in [2.05, 4.69) is 10.2 Å². The number of nitrogens with zero attached hydrogens (tertiary/aromatic N) is 2. The third kappa shape index (κ3) is 3.49. The molecule has 1 aromatic carbocycles. The molecule has 2 saturated heterocycles. The van der Waals surface area contributed by atoms with Crippen LogP contribution >= 0.6 is 0 Å². The minimum atomic E-state index is -0.286. The summed E-state index contributed by atoms with van der Waals surface area (Å²) >= 11 is 0. The average Bonchev–Trinajstić information content (AvgIpc) is 3.17. The molecule has 2 fully saturated rings. The van der Waals surface area contributed by atoms with Crippen LogP contribution in [0.3, 0.4) is 0 Å². The van der Waals surface area contributed by atoms with Gasteiger partial charge in [0.2, 0.25) is 5.91 Å². The second-order valence-electron chi connectivity index (χ2n) is 6.33. The predicted octanol–water partition coefficient (Wildman–Crippen LogP) is 1.27. The Balaban J connectivity index is 1.95. The van der Waals surface area contributed by atoms with Crippen LogP contribution in [-0.2, 0) is 4.79 Å². The molecule has 1 N–H and O–H groups in total. The zero-order valence-electron chi connectivity index (χ0n) is 14.6. The van der Waals surface area contributed by atoms with E-state index < -0.39 is 0 Å². The maximum Gasteiger partial charge on any atom is 0.244 e. The van der Waals surface area contributed by atoms with Crippen LogP contribution in [0.2, 0.25) is 0 Å². The summed E-state index contributed by atoms with van der Waals surface area (Å²) in [6, 6.07) is 5.45. The minimum absolute atomic E-state index is 0.192. The van der Waals surface area contributed by atoms with Gasteiger partial charge in [-0.15, -0.1) is 0 Å². The molecule has 24 heavy (non-hydrogen) atoms. The van der Waals surface area contributed by atoms with Gasteiger partial charge in [0.15, 0.2) is 0 Å². The van der Waals surface area contributed by atoms with Crippen LogP contribution in [-0.4, -0.2) is 69.2 Å². The molecule has 0 spiro atoms. The number of amides is 1. The van der Waals surface area contributed by atoms with Gasteiger partial charge in [-0.05, 0) is 25.0 Å². The molecule has 1 aromatic rings. The largest absolute Gasteiger partial charge is 0.497 e. The van der Waals surface area contributed by atoms with Crippen molar-refractivity contribution in [3.63, 3.8) is 0 Å². The van der Waals surface area contributed by atoms with E-state index in [1.165, 1.54) is 0 Å². The number of hydrogen-bond acceptors (Lipinski definition) is 5. The highest BCUT2D eigenvalue weighted by Gasteiger charge is 2.35. The van der Waals surface area contributed by atoms with Crippen LogP contribution in [0.5, 0.6) is 11.5 Å². The van der Waals surface area contributed by atoms with Crippen molar-refractivity contribution in [2.45, 2.75) is 18.9 Å². The molecule has 6 heteroatoms. The number of hydrogen-bond donors (Lipinski definition) is 1. The van der Waals surface area contributed by atoms with E-state index in [-0.39, 0.29) is 11.9 Å². The second kappa shape index (κ2) is 7.85. The van der Waals surface area contributed by atoms with Crippen molar-refractivity contribution in [2.24, 2.45) is 0 Å². The van der Waals surface area contributed by atoms with Crippen LogP contribution in [0.25, 0.3) is 0 Å². The predicted molar refractivity (Wildman–Crippen MR) is 92.5 cm³/mol. The molecule has 3 rings (SSSR count). The van der Waals surface area contributed by atoms with Gasteiger partial charge in [0, 0.05) is 50.9 Å². The number of likely N-dealkylation sites (tertiary alicyclic amines) is 1. The molecular weight excluding hydrogens is 306 g/mol. The molecule has 0 radical (unpaired) electrons. The van der Waals surface area contributed by atoms with Crippen molar-refractivity contribution in [3.8, 4) is 11.5 Å². The zero-order valence-corrected chi connectivity index (χ0v) is 14.6. The number of carbonyl (C=O) groups is 1. The van der Waals surface area contributed by atoms with Gasteiger partial charge in [0.05, 0.1) is 14.2 Å². The normalized spacial score (nSPS) is 20.0. The van der Waals surface area contributed by atoms with E-state index in [0.717, 1.165) is 63.4 Å². The van der Waals surface area contributed by atoms with Crippen LogP contribution < -0.4 is 14.8 Å². The van der Waals surface area contributed by atoms with E-state index in [0.29, 0.717) is 5.75 Å². The Kier molecular flexibility index (Phi) is 5.58. The molecule has 2 heterocycles. The first-order chi connectivity index (χ1) is 11.7. The molecule has 2 aliphatic rings. The SMILES string of the molecule is COc1ccc(C(C(=O)N2CCCC2)N2CCNCC2)c(OC)c1. The van der Waals surface area contributed by atoms with Crippen molar-refractivity contribution in [2.75, 3.05) is 53.5 Å². The van der Waals surface area contributed by atoms with E-state index >= 15 is 0 Å². The van der Waals surface area contributed by atoms with Crippen molar-refractivity contribution >= 4 is 5.91 Å². The van der Waals surface area contributed by atoms with Gasteiger partial charge in [-0.3, -0.25) is 9.69 Å². The molecule has 1 atom stereocenters. The van der Waals surface area contributed by atoms with Gasteiger partial charge in [0.1, 0.15) is 17.5 Å². The summed E-state index contributed by atoms with van der Waals surface area (Å²) < 4.78 is 10.9. The molecule has 1 amide bonds. The van der Waals surface area contributed by atoms with Gasteiger partial charge < -0.3 is 19.7 Å². The lowest BCUT2D eigenvalue weighted by molar-refractivity contribution is -0.136. The summed E-state index contributed by atoms with van der Waals surface area (Å²) in [6.07, 6.45) is 2.19. The molecule has 0 aromatic heterocycles. The summed E-state index contributed by atoms with van der Waals surface area (Å²) in [4.78, 5) is 17.5. The number of carbonyl (C=O) groups excluding carboxylic acids is 1. The Bertz CT molecular complexity index is 567. The Morgan fingerprint density at radius 3 is 2.42 bits per heavy atom. The van der Waals surface area contributed by atoms with Crippen molar-refractivity contribution in [1.82, 2.24) is 15.1 Å². The Morgan fingerprint density at radius 1 is 1.08 bits per heavy atom. The first-order valence-corrected chi connectivity index (χ1v) is 8.70. The first kappa shape index (κ1) is 17.0. The van der Waals surface area contributed by atoms with Crippen molar-refractivity contribution < 1.29 is 14.3 Å². The molecule has 0 bridgehead atoms. The van der Waals surface area contributed by atoms with E-state index in [4.69, 9.17) is 9.47 Å². The molecule has 0 saturated carbocycles. The maximum atomic E-state index is 13.2. The summed E-state index contributed by atoms with van der Waals surface area (Å²) in [5, 5.41) is 3.36. The lowest BCUT2D eigenvalue weighted by Gasteiger charge is -2.36. The lowest BCUT2D eigenvalue weighted by atomic mass is 10.0. The van der Waals surface area contributed by atoms with Gasteiger partial charge in [-0.25, -0.2) is 0 Å². The van der Waals surface area contributed by atoms with Crippen molar-refractivity contribution in [1.29, 1.82) is 0 Å².